The third-order valence-electron chi connectivity index (χ3n) is 1.27. The summed E-state index contributed by atoms with van der Waals surface area (Å²) in [6.45, 7) is 2.41. The molecule has 0 bridgehead atoms. The van der Waals surface area contributed by atoms with Crippen LogP contribution in [-0.4, -0.2) is 11.6 Å². The van der Waals surface area contributed by atoms with Crippen LogP contribution in [0.2, 0.25) is 0 Å². The molecule has 0 saturated carbocycles. The fourth-order valence-corrected chi connectivity index (χ4v) is 0.834. The van der Waals surface area contributed by atoms with Gasteiger partial charge in [0.05, 0.1) is 12.9 Å². The molecule has 0 aliphatic carbocycles. The molecule has 0 aliphatic heterocycles. The van der Waals surface area contributed by atoms with E-state index >= 15 is 0 Å². The number of nitrogens with zero attached hydrogens (tertiary/aromatic N) is 1. The van der Waals surface area contributed by atoms with Crippen molar-refractivity contribution in [3.05, 3.63) is 12.3 Å². The number of hydrogen-bond donors (Lipinski definition) is 0. The van der Waals surface area contributed by atoms with Gasteiger partial charge in [-0.25, -0.2) is 0 Å². The number of fused-ring (bicyclic) bond motifs is 1. The lowest BCUT2D eigenvalue weighted by atomic mass is 10.6. The maximum atomic E-state index is 5.12. The molecular formula is C7H7NO3. The highest BCUT2D eigenvalue weighted by Gasteiger charge is 2.07. The fraction of sp³-hybridized carbons (Fsp3) is 0.286. The van der Waals surface area contributed by atoms with Crippen molar-refractivity contribution in [2.45, 2.75) is 6.92 Å². The van der Waals surface area contributed by atoms with Gasteiger partial charge in [-0.3, -0.25) is 0 Å². The molecule has 11 heavy (non-hydrogen) atoms. The topological polar surface area (TPSA) is 48.4 Å². The lowest BCUT2D eigenvalue weighted by Crippen LogP contribution is -1.90. The number of hydrogen-bond acceptors (Lipinski definition) is 4. The maximum absolute atomic E-state index is 5.12. The third-order valence-corrected chi connectivity index (χ3v) is 1.27. The highest BCUT2D eigenvalue weighted by molar-refractivity contribution is 5.65. The second-order valence-corrected chi connectivity index (χ2v) is 2.00. The summed E-state index contributed by atoms with van der Waals surface area (Å²) < 4.78 is 15.1. The van der Waals surface area contributed by atoms with E-state index in [0.717, 1.165) is 0 Å². The molecule has 2 aromatic heterocycles. The van der Waals surface area contributed by atoms with Crippen LogP contribution in [0.4, 0.5) is 0 Å². The van der Waals surface area contributed by atoms with Crippen molar-refractivity contribution in [2.75, 3.05) is 6.61 Å². The van der Waals surface area contributed by atoms with Gasteiger partial charge in [-0.05, 0) is 6.92 Å². The van der Waals surface area contributed by atoms with Gasteiger partial charge in [0.25, 0.3) is 5.71 Å². The van der Waals surface area contributed by atoms with Crippen LogP contribution in [0.5, 0.6) is 6.08 Å². The zero-order valence-corrected chi connectivity index (χ0v) is 6.03. The molecule has 4 nitrogen and oxygen atoms in total. The highest BCUT2D eigenvalue weighted by Crippen LogP contribution is 2.20. The smallest absolute Gasteiger partial charge is 0.397 e. The Morgan fingerprint density at radius 3 is 3.27 bits per heavy atom. The maximum Gasteiger partial charge on any atom is 0.397 e. The summed E-state index contributed by atoms with van der Waals surface area (Å²) in [6.07, 6.45) is 1.79. The van der Waals surface area contributed by atoms with Crippen LogP contribution in [0.15, 0.2) is 21.2 Å². The van der Waals surface area contributed by atoms with Gasteiger partial charge in [0.2, 0.25) is 0 Å². The molecule has 2 rings (SSSR count). The summed E-state index contributed by atoms with van der Waals surface area (Å²) in [5.74, 6) is 0. The van der Waals surface area contributed by atoms with Gasteiger partial charge in [0.1, 0.15) is 0 Å². The second kappa shape index (κ2) is 2.30. The predicted molar refractivity (Wildman–Crippen MR) is 37.4 cm³/mol. The molecule has 2 aromatic rings. The molecular weight excluding hydrogens is 146 g/mol. The third kappa shape index (κ3) is 0.960. The monoisotopic (exact) mass is 153 g/mol. The predicted octanol–water partition coefficient (Wildman–Crippen LogP) is 1.82. The van der Waals surface area contributed by atoms with E-state index in [0.29, 0.717) is 17.9 Å². The van der Waals surface area contributed by atoms with E-state index in [1.807, 2.05) is 6.92 Å². The SMILES string of the molecule is CCOc1nc2occc2o1. The Morgan fingerprint density at radius 1 is 1.64 bits per heavy atom. The molecule has 0 aliphatic rings. The van der Waals surface area contributed by atoms with Crippen molar-refractivity contribution in [3.8, 4) is 6.08 Å². The summed E-state index contributed by atoms with van der Waals surface area (Å²) in [5, 5.41) is 0. The molecule has 0 aromatic carbocycles. The Morgan fingerprint density at radius 2 is 2.55 bits per heavy atom. The number of rotatable bonds is 2. The van der Waals surface area contributed by atoms with Gasteiger partial charge in [-0.1, -0.05) is 0 Å². The normalized spacial score (nSPS) is 10.6. The van der Waals surface area contributed by atoms with Crippen molar-refractivity contribution < 1.29 is 13.6 Å². The number of ether oxygens (including phenoxy) is 1. The lowest BCUT2D eigenvalue weighted by molar-refractivity contribution is 0.251. The van der Waals surface area contributed by atoms with Crippen molar-refractivity contribution in [1.29, 1.82) is 0 Å². The Hall–Kier alpha value is -1.45. The summed E-state index contributed by atoms with van der Waals surface area (Å²) in [6, 6.07) is 1.70. The minimum Gasteiger partial charge on any atom is -0.450 e. The van der Waals surface area contributed by atoms with E-state index < -0.39 is 0 Å². The molecule has 0 N–H and O–H groups in total. The minimum atomic E-state index is 0.266. The molecule has 0 spiro atoms. The Kier molecular flexibility index (Phi) is 1.31. The molecule has 2 heterocycles. The molecule has 4 heteroatoms. The van der Waals surface area contributed by atoms with Gasteiger partial charge >= 0.3 is 6.08 Å². The van der Waals surface area contributed by atoms with Crippen molar-refractivity contribution in [3.63, 3.8) is 0 Å². The van der Waals surface area contributed by atoms with Crippen molar-refractivity contribution >= 4 is 11.3 Å². The summed E-state index contributed by atoms with van der Waals surface area (Å²) in [4.78, 5) is 3.91. The molecule has 58 valence electrons. The molecule has 0 radical (unpaired) electrons. The van der Waals surface area contributed by atoms with E-state index in [4.69, 9.17) is 13.6 Å². The van der Waals surface area contributed by atoms with Crippen LogP contribution in [0.1, 0.15) is 6.92 Å². The molecule has 0 unspecified atom stereocenters. The van der Waals surface area contributed by atoms with E-state index in [2.05, 4.69) is 4.98 Å². The standard InChI is InChI=1S/C7H7NO3/c1-2-9-7-8-6-5(11-7)3-4-10-6/h3-4H,2H2,1H3. The minimum absolute atomic E-state index is 0.266. The second-order valence-electron chi connectivity index (χ2n) is 2.00. The molecule has 0 amide bonds. The van der Waals surface area contributed by atoms with Gasteiger partial charge in [-0.15, -0.1) is 4.98 Å². The molecule has 0 atom stereocenters. The van der Waals surface area contributed by atoms with Crippen LogP contribution in [-0.2, 0) is 0 Å². The van der Waals surface area contributed by atoms with Crippen LogP contribution >= 0.6 is 0 Å². The van der Waals surface area contributed by atoms with Gasteiger partial charge in [-0.2, -0.15) is 0 Å². The first-order valence-electron chi connectivity index (χ1n) is 3.37. The van der Waals surface area contributed by atoms with Gasteiger partial charge in [0, 0.05) is 6.07 Å². The largest absolute Gasteiger partial charge is 0.450 e. The zero-order chi connectivity index (χ0) is 7.68. The number of oxazole rings is 1. The van der Waals surface area contributed by atoms with Crippen LogP contribution < -0.4 is 4.74 Å². The van der Waals surface area contributed by atoms with E-state index in [1.165, 1.54) is 6.26 Å². The lowest BCUT2D eigenvalue weighted by Gasteiger charge is -1.90. The average molecular weight is 153 g/mol. The Bertz CT molecular complexity index is 321. The summed E-state index contributed by atoms with van der Waals surface area (Å²) in [7, 11) is 0. The van der Waals surface area contributed by atoms with E-state index in [9.17, 15) is 0 Å². The van der Waals surface area contributed by atoms with Crippen molar-refractivity contribution in [1.82, 2.24) is 4.98 Å². The molecule has 0 fully saturated rings. The quantitative estimate of drug-likeness (QED) is 0.660. The van der Waals surface area contributed by atoms with Crippen molar-refractivity contribution in [2.24, 2.45) is 0 Å². The first kappa shape index (κ1) is 6.27. The Labute approximate surface area is 62.8 Å². The van der Waals surface area contributed by atoms with Gasteiger partial charge in [0.15, 0.2) is 5.58 Å². The summed E-state index contributed by atoms with van der Waals surface area (Å²) >= 11 is 0. The Balaban J connectivity index is 2.42. The molecule has 0 saturated heterocycles. The fourth-order valence-electron chi connectivity index (χ4n) is 0.834. The highest BCUT2D eigenvalue weighted by atomic mass is 16.6. The van der Waals surface area contributed by atoms with Crippen LogP contribution in [0.25, 0.3) is 11.3 Å². The number of furan rings is 1. The summed E-state index contributed by atoms with van der Waals surface area (Å²) in [5.41, 5.74) is 1.10. The first-order valence-corrected chi connectivity index (χ1v) is 3.37. The zero-order valence-electron chi connectivity index (χ0n) is 6.03. The van der Waals surface area contributed by atoms with E-state index in [-0.39, 0.29) is 6.08 Å². The number of aromatic nitrogens is 1. The first-order chi connectivity index (χ1) is 5.40. The average Bonchev–Trinajstić information content (AvgIpc) is 2.46. The van der Waals surface area contributed by atoms with Crippen LogP contribution in [0.3, 0.4) is 0 Å². The van der Waals surface area contributed by atoms with Gasteiger partial charge < -0.3 is 13.6 Å². The van der Waals surface area contributed by atoms with E-state index in [1.54, 1.807) is 6.07 Å². The van der Waals surface area contributed by atoms with Crippen LogP contribution in [0, 0.1) is 0 Å².